The third kappa shape index (κ3) is 4.13. The summed E-state index contributed by atoms with van der Waals surface area (Å²) in [5.74, 6) is 0.0967. The second-order valence-electron chi connectivity index (χ2n) is 5.24. The molecule has 1 atom stereocenters. The minimum atomic E-state index is -4.59. The highest BCUT2D eigenvalue weighted by Crippen LogP contribution is 2.24. The van der Waals surface area contributed by atoms with Crippen molar-refractivity contribution in [1.29, 1.82) is 0 Å². The highest BCUT2D eigenvalue weighted by atomic mass is 35.5. The Morgan fingerprint density at radius 2 is 2.29 bits per heavy atom. The van der Waals surface area contributed by atoms with Gasteiger partial charge in [0.05, 0.1) is 4.92 Å². The first-order valence-corrected chi connectivity index (χ1v) is 9.06. The van der Waals surface area contributed by atoms with Crippen LogP contribution < -0.4 is 5.32 Å². The highest BCUT2D eigenvalue weighted by Gasteiger charge is 2.40. The number of hydrogen-bond acceptors (Lipinski definition) is 7. The predicted octanol–water partition coefficient (Wildman–Crippen LogP) is 1.25. The molecular formula is C13H17ClN4O5S. The van der Waals surface area contributed by atoms with Crippen molar-refractivity contribution in [1.82, 2.24) is 15.2 Å². The van der Waals surface area contributed by atoms with E-state index in [1.54, 1.807) is 23.2 Å². The van der Waals surface area contributed by atoms with Crippen molar-refractivity contribution < 1.29 is 17.9 Å². The molecule has 9 nitrogen and oxygen atoms in total. The van der Waals surface area contributed by atoms with Gasteiger partial charge in [-0.05, 0) is 18.1 Å². The molecule has 0 radical (unpaired) electrons. The quantitative estimate of drug-likeness (QED) is 0.329. The summed E-state index contributed by atoms with van der Waals surface area (Å²) in [6.07, 6.45) is 1.43. The Labute approximate surface area is 144 Å². The number of pyridine rings is 1. The van der Waals surface area contributed by atoms with E-state index in [0.29, 0.717) is 24.8 Å². The van der Waals surface area contributed by atoms with Crippen molar-refractivity contribution in [3.63, 3.8) is 0 Å². The molecule has 1 aromatic heterocycles. The summed E-state index contributed by atoms with van der Waals surface area (Å²) >= 11 is 5.73. The molecule has 0 saturated carbocycles. The molecule has 0 bridgehead atoms. The Balaban J connectivity index is 2.40. The summed E-state index contributed by atoms with van der Waals surface area (Å²) in [5, 5.41) is 13.0. The third-order valence-corrected chi connectivity index (χ3v) is 5.13. The van der Waals surface area contributed by atoms with Crippen LogP contribution in [0.5, 0.6) is 0 Å². The number of nitro groups is 1. The molecular weight excluding hydrogens is 360 g/mol. The predicted molar refractivity (Wildman–Crippen MR) is 87.3 cm³/mol. The van der Waals surface area contributed by atoms with Crippen LogP contribution in [0.3, 0.4) is 0 Å². The first-order valence-electron chi connectivity index (χ1n) is 7.18. The Kier molecular flexibility index (Phi) is 5.62. The molecule has 0 unspecified atom stereocenters. The Morgan fingerprint density at radius 3 is 2.79 bits per heavy atom. The first-order chi connectivity index (χ1) is 11.2. The lowest BCUT2D eigenvalue weighted by Gasteiger charge is -2.20. The average Bonchev–Trinajstić information content (AvgIpc) is 2.93. The molecule has 132 valence electrons. The van der Waals surface area contributed by atoms with Gasteiger partial charge in [-0.1, -0.05) is 24.6 Å². The van der Waals surface area contributed by atoms with Crippen molar-refractivity contribution in [3.05, 3.63) is 50.7 Å². The average molecular weight is 377 g/mol. The molecule has 2 heterocycles. The second-order valence-corrected chi connectivity index (χ2v) is 7.23. The minimum absolute atomic E-state index is 0.0967. The minimum Gasteiger partial charge on any atom is -0.365 e. The van der Waals surface area contributed by atoms with Crippen LogP contribution >= 0.6 is 11.6 Å². The van der Waals surface area contributed by atoms with Crippen LogP contribution in [0.2, 0.25) is 5.15 Å². The largest absolute Gasteiger partial charge is 0.365 e. The van der Waals surface area contributed by atoms with Crippen LogP contribution in [0.1, 0.15) is 18.9 Å². The van der Waals surface area contributed by atoms with Gasteiger partial charge < -0.3 is 10.2 Å². The van der Waals surface area contributed by atoms with E-state index in [-0.39, 0.29) is 12.2 Å². The molecule has 11 heteroatoms. The summed E-state index contributed by atoms with van der Waals surface area (Å²) in [4.78, 5) is 16.3. The molecule has 1 aliphatic heterocycles. The molecule has 1 aliphatic rings. The fourth-order valence-electron chi connectivity index (χ4n) is 2.57. The topological polar surface area (TPSA) is 126 Å². The number of rotatable bonds is 6. The normalized spacial score (nSPS) is 18.2. The maximum Gasteiger partial charge on any atom is 0.306 e. The zero-order valence-corrected chi connectivity index (χ0v) is 14.4. The summed E-state index contributed by atoms with van der Waals surface area (Å²) in [6, 6.07) is 3.34. The van der Waals surface area contributed by atoms with Crippen molar-refractivity contribution in [2.24, 2.45) is 0 Å². The molecule has 0 amide bonds. The van der Waals surface area contributed by atoms with Crippen molar-refractivity contribution >= 4 is 21.7 Å². The highest BCUT2D eigenvalue weighted by molar-refractivity contribution is 7.86. The van der Waals surface area contributed by atoms with Crippen LogP contribution in [0.4, 0.5) is 0 Å². The molecule has 0 aliphatic carbocycles. The van der Waals surface area contributed by atoms with Gasteiger partial charge in [-0.15, -0.1) is 0 Å². The lowest BCUT2D eigenvalue weighted by molar-refractivity contribution is -0.429. The van der Waals surface area contributed by atoms with Gasteiger partial charge >= 0.3 is 5.70 Å². The first kappa shape index (κ1) is 18.4. The summed E-state index contributed by atoms with van der Waals surface area (Å²) < 4.78 is 32.4. The Bertz CT molecular complexity index is 750. The molecule has 1 fully saturated rings. The number of nitrogens with one attached hydrogen (secondary N) is 1. The van der Waals surface area contributed by atoms with Gasteiger partial charge in [-0.2, -0.15) is 8.42 Å². The lowest BCUT2D eigenvalue weighted by Crippen LogP contribution is -2.33. The number of aromatic nitrogens is 1. The molecule has 24 heavy (non-hydrogen) atoms. The van der Waals surface area contributed by atoms with Crippen LogP contribution in [0.25, 0.3) is 0 Å². The maximum atomic E-state index is 11.5. The second kappa shape index (κ2) is 7.32. The van der Waals surface area contributed by atoms with E-state index in [1.807, 2.05) is 0 Å². The monoisotopic (exact) mass is 376 g/mol. The lowest BCUT2D eigenvalue weighted by atomic mass is 10.2. The fraction of sp³-hybridized carbons (Fsp3) is 0.462. The van der Waals surface area contributed by atoms with E-state index in [2.05, 4.69) is 10.3 Å². The van der Waals surface area contributed by atoms with Crippen LogP contribution in [-0.2, 0) is 16.7 Å². The number of hydrogen-bond donors (Lipinski definition) is 2. The van der Waals surface area contributed by atoms with Gasteiger partial charge in [-0.25, -0.2) is 4.98 Å². The third-order valence-electron chi connectivity index (χ3n) is 3.63. The van der Waals surface area contributed by atoms with E-state index < -0.39 is 26.0 Å². The molecule has 2 N–H and O–H groups in total. The van der Waals surface area contributed by atoms with Gasteiger partial charge in [0.2, 0.25) is 0 Å². The van der Waals surface area contributed by atoms with Crippen LogP contribution in [-0.4, -0.2) is 46.1 Å². The van der Waals surface area contributed by atoms with E-state index >= 15 is 0 Å². The van der Waals surface area contributed by atoms with Crippen LogP contribution in [0.15, 0.2) is 29.8 Å². The molecule has 0 spiro atoms. The summed E-state index contributed by atoms with van der Waals surface area (Å²) in [5.41, 5.74) is 0.211. The molecule has 1 saturated heterocycles. The zero-order valence-electron chi connectivity index (χ0n) is 12.8. The van der Waals surface area contributed by atoms with E-state index in [4.69, 9.17) is 11.6 Å². The van der Waals surface area contributed by atoms with Crippen molar-refractivity contribution in [3.8, 4) is 0 Å². The zero-order chi connectivity index (χ0) is 17.9. The Morgan fingerprint density at radius 1 is 1.58 bits per heavy atom. The molecule has 0 aromatic carbocycles. The standard InChI is InChI=1S/C13H17ClN4O5S/c1-2-10(24(21,22)23)12(18(19)20)13-15-5-6-17(13)8-9-3-4-11(14)16-7-9/h3-4,7,10,15H,2,5-6,8H2,1H3,(H,21,22,23)/t10-/m1/s1. The smallest absolute Gasteiger partial charge is 0.306 e. The molecule has 1 aromatic rings. The van der Waals surface area contributed by atoms with E-state index in [1.165, 1.54) is 6.92 Å². The SMILES string of the molecule is CC[C@H](C(=C1NCCN1Cc1ccc(Cl)nc1)[N+](=O)[O-])S(=O)(=O)O. The maximum absolute atomic E-state index is 11.5. The number of nitrogens with zero attached hydrogens (tertiary/aromatic N) is 3. The molecule has 2 rings (SSSR count). The van der Waals surface area contributed by atoms with E-state index in [9.17, 15) is 23.1 Å². The van der Waals surface area contributed by atoms with Crippen molar-refractivity contribution in [2.75, 3.05) is 13.1 Å². The van der Waals surface area contributed by atoms with Gasteiger partial charge in [0, 0.05) is 25.8 Å². The van der Waals surface area contributed by atoms with Gasteiger partial charge in [0.15, 0.2) is 11.1 Å². The fourth-order valence-corrected chi connectivity index (χ4v) is 3.58. The van der Waals surface area contributed by atoms with Gasteiger partial charge in [0.1, 0.15) is 5.15 Å². The summed E-state index contributed by atoms with van der Waals surface area (Å²) in [6.45, 7) is 2.64. The van der Waals surface area contributed by atoms with Gasteiger partial charge in [-0.3, -0.25) is 14.7 Å². The summed E-state index contributed by atoms with van der Waals surface area (Å²) in [7, 11) is -4.59. The Hall–Kier alpha value is -1.91. The van der Waals surface area contributed by atoms with Crippen molar-refractivity contribution in [2.45, 2.75) is 25.1 Å². The van der Waals surface area contributed by atoms with E-state index in [0.717, 1.165) is 5.56 Å². The van der Waals surface area contributed by atoms with Crippen LogP contribution in [0, 0.1) is 10.1 Å². The van der Waals surface area contributed by atoms with Gasteiger partial charge in [0.25, 0.3) is 10.1 Å². The number of halogens is 1.